The summed E-state index contributed by atoms with van der Waals surface area (Å²) in [7, 11) is 1.55. The Labute approximate surface area is 122 Å². The monoisotopic (exact) mass is 305 g/mol. The van der Waals surface area contributed by atoms with Crippen LogP contribution in [-0.2, 0) is 6.54 Å². The van der Waals surface area contributed by atoms with Crippen molar-refractivity contribution in [1.29, 1.82) is 0 Å². The maximum Gasteiger partial charge on any atom is 0.391 e. The van der Waals surface area contributed by atoms with E-state index in [-0.39, 0.29) is 24.8 Å². The Bertz CT molecular complexity index is 443. The number of hydrogen-bond donors (Lipinski definition) is 1. The van der Waals surface area contributed by atoms with Crippen LogP contribution in [0.15, 0.2) is 6.20 Å². The molecule has 1 aliphatic rings. The lowest BCUT2D eigenvalue weighted by Gasteiger charge is -2.33. The van der Waals surface area contributed by atoms with Crippen molar-refractivity contribution in [2.24, 2.45) is 17.6 Å². The number of alkyl halides is 3. The van der Waals surface area contributed by atoms with Crippen LogP contribution in [0.5, 0.6) is 5.75 Å². The summed E-state index contributed by atoms with van der Waals surface area (Å²) in [6.45, 7) is 2.60. The minimum absolute atomic E-state index is 0.0412. The lowest BCUT2D eigenvalue weighted by atomic mass is 9.77. The lowest BCUT2D eigenvalue weighted by Crippen LogP contribution is -2.32. The summed E-state index contributed by atoms with van der Waals surface area (Å²) in [4.78, 5) is 0. The molecule has 0 spiro atoms. The first-order valence-corrected chi connectivity index (χ1v) is 7.30. The highest BCUT2D eigenvalue weighted by atomic mass is 19.4. The Morgan fingerprint density at radius 2 is 2.00 bits per heavy atom. The average Bonchev–Trinajstić information content (AvgIpc) is 2.88. The van der Waals surface area contributed by atoms with Gasteiger partial charge in [0.15, 0.2) is 5.75 Å². The second-order valence-corrected chi connectivity index (χ2v) is 5.59. The number of aryl methyl sites for hydroxylation is 1. The first-order valence-electron chi connectivity index (χ1n) is 7.30. The van der Waals surface area contributed by atoms with Gasteiger partial charge in [-0.25, -0.2) is 0 Å². The molecule has 0 aromatic carbocycles. The van der Waals surface area contributed by atoms with Gasteiger partial charge in [-0.15, -0.1) is 0 Å². The molecule has 1 heterocycles. The predicted molar refractivity (Wildman–Crippen MR) is 72.9 cm³/mol. The maximum absolute atomic E-state index is 12.7. The molecule has 2 N–H and O–H groups in total. The number of nitrogens with zero attached hydrogens (tertiary/aromatic N) is 2. The normalized spacial score (nSPS) is 24.9. The molecule has 1 atom stereocenters. The zero-order valence-corrected chi connectivity index (χ0v) is 12.4. The zero-order chi connectivity index (χ0) is 15.6. The smallest absolute Gasteiger partial charge is 0.391 e. The fourth-order valence-corrected chi connectivity index (χ4v) is 3.15. The largest absolute Gasteiger partial charge is 0.493 e. The molecule has 1 aromatic heterocycles. The minimum atomic E-state index is -4.09. The van der Waals surface area contributed by atoms with Crippen molar-refractivity contribution in [2.45, 2.75) is 51.4 Å². The summed E-state index contributed by atoms with van der Waals surface area (Å²) in [5, 5.41) is 4.21. The van der Waals surface area contributed by atoms with Crippen LogP contribution in [0.2, 0.25) is 0 Å². The molecule has 0 bridgehead atoms. The van der Waals surface area contributed by atoms with Gasteiger partial charge in [-0.2, -0.15) is 18.3 Å². The van der Waals surface area contributed by atoms with Crippen LogP contribution in [0, 0.1) is 11.8 Å². The van der Waals surface area contributed by atoms with Crippen LogP contribution in [-0.4, -0.2) is 23.1 Å². The summed E-state index contributed by atoms with van der Waals surface area (Å²) >= 11 is 0. The van der Waals surface area contributed by atoms with Gasteiger partial charge in [-0.1, -0.05) is 0 Å². The third-order valence-corrected chi connectivity index (χ3v) is 4.42. The Kier molecular flexibility index (Phi) is 4.81. The molecule has 21 heavy (non-hydrogen) atoms. The van der Waals surface area contributed by atoms with Gasteiger partial charge in [0.25, 0.3) is 0 Å². The molecule has 7 heteroatoms. The van der Waals surface area contributed by atoms with E-state index >= 15 is 0 Å². The third-order valence-electron chi connectivity index (χ3n) is 4.42. The summed E-state index contributed by atoms with van der Waals surface area (Å²) in [5.41, 5.74) is 7.09. The van der Waals surface area contributed by atoms with Gasteiger partial charge in [0, 0.05) is 6.54 Å². The highest BCUT2D eigenvalue weighted by Crippen LogP contribution is 2.43. The van der Waals surface area contributed by atoms with E-state index in [9.17, 15) is 13.2 Å². The molecular weight excluding hydrogens is 283 g/mol. The Morgan fingerprint density at radius 1 is 1.38 bits per heavy atom. The van der Waals surface area contributed by atoms with Crippen LogP contribution >= 0.6 is 0 Å². The Hall–Kier alpha value is -1.24. The molecule has 1 aliphatic carbocycles. The quantitative estimate of drug-likeness (QED) is 0.928. The molecule has 1 fully saturated rings. The number of nitrogens with two attached hydrogens (primary N) is 1. The number of halogens is 3. The van der Waals surface area contributed by atoms with Crippen LogP contribution in [0.3, 0.4) is 0 Å². The minimum Gasteiger partial charge on any atom is -0.493 e. The van der Waals surface area contributed by atoms with Gasteiger partial charge in [0.2, 0.25) is 0 Å². The van der Waals surface area contributed by atoms with Crippen molar-refractivity contribution in [3.8, 4) is 5.75 Å². The summed E-state index contributed by atoms with van der Waals surface area (Å²) in [6, 6.07) is -0.336. The Balaban J connectivity index is 2.08. The molecular formula is C14H22F3N3O. The summed E-state index contributed by atoms with van der Waals surface area (Å²) in [6.07, 6.45) is -1.18. The van der Waals surface area contributed by atoms with E-state index in [0.29, 0.717) is 25.1 Å². The number of hydrogen-bond acceptors (Lipinski definition) is 3. The van der Waals surface area contributed by atoms with Gasteiger partial charge in [0.05, 0.1) is 31.0 Å². The lowest BCUT2D eigenvalue weighted by molar-refractivity contribution is -0.184. The predicted octanol–water partition coefficient (Wildman–Crippen LogP) is 3.28. The average molecular weight is 305 g/mol. The van der Waals surface area contributed by atoms with E-state index in [0.717, 1.165) is 5.69 Å². The van der Waals surface area contributed by atoms with Crippen LogP contribution in [0.25, 0.3) is 0 Å². The third kappa shape index (κ3) is 3.33. The van der Waals surface area contributed by atoms with Crippen molar-refractivity contribution in [2.75, 3.05) is 7.11 Å². The molecule has 1 unspecified atom stereocenters. The topological polar surface area (TPSA) is 53.1 Å². The first-order chi connectivity index (χ1) is 9.88. The van der Waals surface area contributed by atoms with Crippen molar-refractivity contribution < 1.29 is 17.9 Å². The maximum atomic E-state index is 12.7. The number of aromatic nitrogens is 2. The van der Waals surface area contributed by atoms with E-state index in [1.165, 1.54) is 0 Å². The number of methoxy groups -OCH3 is 1. The molecule has 0 radical (unpaired) electrons. The molecule has 4 nitrogen and oxygen atoms in total. The molecule has 0 aliphatic heterocycles. The van der Waals surface area contributed by atoms with E-state index in [4.69, 9.17) is 10.5 Å². The zero-order valence-electron chi connectivity index (χ0n) is 12.4. The van der Waals surface area contributed by atoms with Crippen molar-refractivity contribution >= 4 is 0 Å². The second-order valence-electron chi connectivity index (χ2n) is 5.59. The fourth-order valence-electron chi connectivity index (χ4n) is 3.15. The molecule has 0 amide bonds. The van der Waals surface area contributed by atoms with Crippen molar-refractivity contribution in [3.63, 3.8) is 0 Å². The summed E-state index contributed by atoms with van der Waals surface area (Å²) in [5.74, 6) is -0.527. The summed E-state index contributed by atoms with van der Waals surface area (Å²) < 4.78 is 45.2. The van der Waals surface area contributed by atoms with Gasteiger partial charge >= 0.3 is 6.18 Å². The highest BCUT2D eigenvalue weighted by Gasteiger charge is 2.42. The standard InChI is InChI=1S/C14H22F3N3O/c1-3-20-13(11(21-2)8-19-20)12(18)9-4-6-10(7-5-9)14(15,16)17/h8-10,12H,3-7,18H2,1-2H3. The molecule has 2 rings (SSSR count). The molecule has 1 aromatic rings. The van der Waals surface area contributed by atoms with E-state index < -0.39 is 12.1 Å². The van der Waals surface area contributed by atoms with Crippen molar-refractivity contribution in [3.05, 3.63) is 11.9 Å². The van der Waals surface area contributed by atoms with Gasteiger partial charge in [-0.05, 0) is 38.5 Å². The van der Waals surface area contributed by atoms with E-state index in [2.05, 4.69) is 5.10 Å². The molecule has 120 valence electrons. The number of rotatable bonds is 4. The first kappa shape index (κ1) is 16.1. The van der Waals surface area contributed by atoms with Gasteiger partial charge in [0.1, 0.15) is 0 Å². The molecule has 0 saturated heterocycles. The van der Waals surface area contributed by atoms with Crippen LogP contribution in [0.4, 0.5) is 13.2 Å². The fraction of sp³-hybridized carbons (Fsp3) is 0.786. The van der Waals surface area contributed by atoms with Crippen LogP contribution < -0.4 is 10.5 Å². The highest BCUT2D eigenvalue weighted by molar-refractivity contribution is 5.28. The second kappa shape index (κ2) is 6.25. The SMILES string of the molecule is CCn1ncc(OC)c1C(N)C1CCC(C(F)(F)F)CC1. The van der Waals surface area contributed by atoms with Gasteiger partial charge < -0.3 is 10.5 Å². The van der Waals surface area contributed by atoms with Crippen LogP contribution in [0.1, 0.15) is 44.3 Å². The van der Waals surface area contributed by atoms with Gasteiger partial charge in [-0.3, -0.25) is 4.68 Å². The van der Waals surface area contributed by atoms with E-state index in [1.54, 1.807) is 18.0 Å². The van der Waals surface area contributed by atoms with E-state index in [1.807, 2.05) is 6.92 Å². The number of ether oxygens (including phenoxy) is 1. The molecule has 1 saturated carbocycles. The Morgan fingerprint density at radius 3 is 2.48 bits per heavy atom. The van der Waals surface area contributed by atoms with Crippen molar-refractivity contribution in [1.82, 2.24) is 9.78 Å².